The van der Waals surface area contributed by atoms with Gasteiger partial charge in [-0.3, -0.25) is 20.2 Å². The lowest BCUT2D eigenvalue weighted by molar-refractivity contribution is -0.385. The molecule has 1 amide bonds. The Hall–Kier alpha value is -2.02. The minimum Gasteiger partial charge on any atom is -0.359 e. The first-order valence-electron chi connectivity index (χ1n) is 10.1. The monoisotopic (exact) mass is 401 g/mol. The smallest absolute Gasteiger partial charge is 0.272 e. The molecule has 0 aromatic heterocycles. The molecule has 2 N–H and O–H groups in total. The van der Waals surface area contributed by atoms with Crippen LogP contribution < -0.4 is 10.6 Å². The van der Waals surface area contributed by atoms with Crippen molar-refractivity contribution < 1.29 is 9.72 Å². The molecule has 4 aliphatic carbocycles. The van der Waals surface area contributed by atoms with Crippen LogP contribution in [0.4, 0.5) is 5.69 Å². The number of thiocarbonyl (C=S) groups is 1. The molecule has 0 aliphatic heterocycles. The third-order valence-electron chi connectivity index (χ3n) is 7.23. The first-order chi connectivity index (χ1) is 13.3. The molecule has 150 valence electrons. The lowest BCUT2D eigenvalue weighted by Crippen LogP contribution is -2.57. The summed E-state index contributed by atoms with van der Waals surface area (Å²) in [5, 5.41) is 17.4. The summed E-state index contributed by atoms with van der Waals surface area (Å²) >= 11 is 5.41. The van der Waals surface area contributed by atoms with Gasteiger partial charge in [-0.1, -0.05) is 0 Å². The maximum atomic E-state index is 12.5. The van der Waals surface area contributed by atoms with E-state index in [1.807, 2.05) is 0 Å². The normalized spacial score (nSPS) is 31.3. The van der Waals surface area contributed by atoms with Crippen LogP contribution in [0.2, 0.25) is 0 Å². The van der Waals surface area contributed by atoms with E-state index in [0.29, 0.717) is 21.7 Å². The Kier molecular flexibility index (Phi) is 4.89. The highest BCUT2D eigenvalue weighted by atomic mass is 32.1. The standard InChI is InChI=1S/C21H27N3O3S/c1-12-5-17(3-4-18(12)24(26)27)19(25)23-20(28)22-13(2)21-9-14-6-15(10-21)8-16(7-14)11-21/h3-5,13-16H,6-11H2,1-2H3,(H2,22,23,25,28)/t13-,14?,15?,16?,21?/m1/s1. The van der Waals surface area contributed by atoms with Crippen molar-refractivity contribution in [2.24, 2.45) is 23.2 Å². The van der Waals surface area contributed by atoms with Crippen LogP contribution in [0.15, 0.2) is 18.2 Å². The van der Waals surface area contributed by atoms with Gasteiger partial charge in [0, 0.05) is 23.2 Å². The number of benzene rings is 1. The molecule has 7 heteroatoms. The minimum atomic E-state index is -0.448. The van der Waals surface area contributed by atoms with Crippen molar-refractivity contribution in [3.05, 3.63) is 39.4 Å². The Morgan fingerprint density at radius 1 is 1.21 bits per heavy atom. The number of amides is 1. The van der Waals surface area contributed by atoms with Crippen LogP contribution in [0.1, 0.15) is 61.4 Å². The van der Waals surface area contributed by atoms with Gasteiger partial charge in [0.1, 0.15) is 0 Å². The molecule has 0 heterocycles. The average molecular weight is 402 g/mol. The van der Waals surface area contributed by atoms with E-state index in [4.69, 9.17) is 12.2 Å². The zero-order chi connectivity index (χ0) is 20.1. The third kappa shape index (κ3) is 3.52. The largest absolute Gasteiger partial charge is 0.359 e. The third-order valence-corrected chi connectivity index (χ3v) is 7.45. The number of carbonyl (C=O) groups is 1. The van der Waals surface area contributed by atoms with Crippen molar-refractivity contribution in [2.45, 2.75) is 58.4 Å². The number of nitrogens with one attached hydrogen (secondary N) is 2. The van der Waals surface area contributed by atoms with E-state index in [1.54, 1.807) is 6.92 Å². The summed E-state index contributed by atoms with van der Waals surface area (Å²) in [6, 6.07) is 4.58. The van der Waals surface area contributed by atoms with Crippen molar-refractivity contribution in [1.82, 2.24) is 10.6 Å². The predicted octanol–water partition coefficient (Wildman–Crippen LogP) is 4.11. The maximum absolute atomic E-state index is 12.5. The van der Waals surface area contributed by atoms with E-state index >= 15 is 0 Å². The lowest BCUT2D eigenvalue weighted by Gasteiger charge is -2.59. The molecule has 1 aromatic rings. The fraction of sp³-hybridized carbons (Fsp3) is 0.619. The Morgan fingerprint density at radius 3 is 2.29 bits per heavy atom. The fourth-order valence-corrected chi connectivity index (χ4v) is 6.54. The summed E-state index contributed by atoms with van der Waals surface area (Å²) in [4.78, 5) is 23.0. The number of nitrogens with zero attached hydrogens (tertiary/aromatic N) is 1. The van der Waals surface area contributed by atoms with Crippen molar-refractivity contribution in [1.29, 1.82) is 0 Å². The second-order valence-electron chi connectivity index (χ2n) is 9.19. The molecule has 5 rings (SSSR count). The molecule has 28 heavy (non-hydrogen) atoms. The number of aryl methyl sites for hydroxylation is 1. The van der Waals surface area contributed by atoms with E-state index in [9.17, 15) is 14.9 Å². The molecule has 4 aliphatic rings. The van der Waals surface area contributed by atoms with Gasteiger partial charge in [0.25, 0.3) is 11.6 Å². The van der Waals surface area contributed by atoms with Crippen LogP contribution >= 0.6 is 12.2 Å². The van der Waals surface area contributed by atoms with Crippen molar-refractivity contribution in [2.75, 3.05) is 0 Å². The highest BCUT2D eigenvalue weighted by Gasteiger charge is 2.53. The molecule has 4 saturated carbocycles. The van der Waals surface area contributed by atoms with Gasteiger partial charge in [0.05, 0.1) is 4.92 Å². The van der Waals surface area contributed by atoms with E-state index < -0.39 is 4.92 Å². The lowest BCUT2D eigenvalue weighted by atomic mass is 9.48. The first-order valence-corrected chi connectivity index (χ1v) is 10.5. The highest BCUT2D eigenvalue weighted by molar-refractivity contribution is 7.80. The van der Waals surface area contributed by atoms with Gasteiger partial charge >= 0.3 is 0 Å². The first kappa shape index (κ1) is 19.3. The predicted molar refractivity (Wildman–Crippen MR) is 111 cm³/mol. The molecule has 0 radical (unpaired) electrons. The number of hydrogen-bond donors (Lipinski definition) is 2. The minimum absolute atomic E-state index is 0.00712. The maximum Gasteiger partial charge on any atom is 0.272 e. The van der Waals surface area contributed by atoms with Crippen molar-refractivity contribution in [3.8, 4) is 0 Å². The Bertz CT molecular complexity index is 803. The van der Waals surface area contributed by atoms with Crippen molar-refractivity contribution >= 4 is 28.9 Å². The summed E-state index contributed by atoms with van der Waals surface area (Å²) < 4.78 is 0. The molecular formula is C21H27N3O3S. The van der Waals surface area contributed by atoms with Gasteiger partial charge in [-0.05, 0) is 99.9 Å². The summed E-state index contributed by atoms with van der Waals surface area (Å²) in [5.41, 5.74) is 1.13. The Morgan fingerprint density at radius 2 is 1.79 bits per heavy atom. The molecule has 4 bridgehead atoms. The van der Waals surface area contributed by atoms with Gasteiger partial charge in [-0.25, -0.2) is 0 Å². The zero-order valence-corrected chi connectivity index (χ0v) is 17.2. The molecule has 6 nitrogen and oxygen atoms in total. The molecule has 0 unspecified atom stereocenters. The molecule has 4 fully saturated rings. The Balaban J connectivity index is 1.38. The second kappa shape index (κ2) is 7.10. The number of nitro groups is 1. The van der Waals surface area contributed by atoms with Crippen LogP contribution in [0, 0.1) is 40.2 Å². The molecular weight excluding hydrogens is 374 g/mol. The number of nitro benzene ring substituents is 1. The fourth-order valence-electron chi connectivity index (χ4n) is 6.27. The van der Waals surface area contributed by atoms with Gasteiger partial charge in [0.15, 0.2) is 5.11 Å². The average Bonchev–Trinajstić information content (AvgIpc) is 2.59. The number of hydrogen-bond acceptors (Lipinski definition) is 4. The van der Waals surface area contributed by atoms with E-state index in [1.165, 1.54) is 56.7 Å². The van der Waals surface area contributed by atoms with E-state index in [-0.39, 0.29) is 17.6 Å². The van der Waals surface area contributed by atoms with Gasteiger partial charge in [0.2, 0.25) is 0 Å². The molecule has 0 saturated heterocycles. The van der Waals surface area contributed by atoms with Crippen molar-refractivity contribution in [3.63, 3.8) is 0 Å². The number of carbonyl (C=O) groups excluding carboxylic acids is 1. The quantitative estimate of drug-likeness (QED) is 0.451. The summed E-state index contributed by atoms with van der Waals surface area (Å²) in [7, 11) is 0. The summed E-state index contributed by atoms with van der Waals surface area (Å²) in [6.07, 6.45) is 7.99. The van der Waals surface area contributed by atoms with Crippen LogP contribution in [-0.2, 0) is 0 Å². The summed E-state index contributed by atoms with van der Waals surface area (Å²) in [5.74, 6) is 2.25. The molecule has 1 atom stereocenters. The van der Waals surface area contributed by atoms with Gasteiger partial charge < -0.3 is 5.32 Å². The SMILES string of the molecule is Cc1cc(C(=O)NC(=S)N[C@H](C)C23CC4CC(CC(C4)C2)C3)ccc1[N+](=O)[O-]. The molecule has 0 spiro atoms. The summed E-state index contributed by atoms with van der Waals surface area (Å²) in [6.45, 7) is 3.82. The topological polar surface area (TPSA) is 84.3 Å². The second-order valence-corrected chi connectivity index (χ2v) is 9.60. The van der Waals surface area contributed by atoms with Crippen LogP contribution in [-0.4, -0.2) is 22.0 Å². The zero-order valence-electron chi connectivity index (χ0n) is 16.4. The highest BCUT2D eigenvalue weighted by Crippen LogP contribution is 2.61. The van der Waals surface area contributed by atoms with Crippen LogP contribution in [0.3, 0.4) is 0 Å². The Labute approximate surface area is 170 Å². The van der Waals surface area contributed by atoms with Gasteiger partial charge in [-0.2, -0.15) is 0 Å². The van der Waals surface area contributed by atoms with Gasteiger partial charge in [-0.15, -0.1) is 0 Å². The molecule has 1 aromatic carbocycles. The van der Waals surface area contributed by atoms with Crippen LogP contribution in [0.25, 0.3) is 0 Å². The van der Waals surface area contributed by atoms with E-state index in [0.717, 1.165) is 17.8 Å². The van der Waals surface area contributed by atoms with Crippen LogP contribution in [0.5, 0.6) is 0 Å². The number of rotatable bonds is 4. The van der Waals surface area contributed by atoms with E-state index in [2.05, 4.69) is 17.6 Å².